The van der Waals surface area contributed by atoms with Gasteiger partial charge in [0, 0.05) is 13.1 Å². The fourth-order valence-corrected chi connectivity index (χ4v) is 3.10. The van der Waals surface area contributed by atoms with Crippen LogP contribution in [-0.2, 0) is 0 Å². The largest absolute Gasteiger partial charge is 0.370 e. The van der Waals surface area contributed by atoms with Gasteiger partial charge in [-0.1, -0.05) is 18.2 Å². The third-order valence-corrected chi connectivity index (χ3v) is 4.06. The van der Waals surface area contributed by atoms with Crippen LogP contribution >= 0.6 is 0 Å². The Balaban J connectivity index is 1.89. The summed E-state index contributed by atoms with van der Waals surface area (Å²) in [6.07, 6.45) is 6.69. The fraction of sp³-hybridized carbons (Fsp3) is 0.400. The molecule has 0 radical (unpaired) electrons. The molecule has 0 aromatic heterocycles. The van der Waals surface area contributed by atoms with E-state index in [0.717, 1.165) is 31.6 Å². The van der Waals surface area contributed by atoms with Gasteiger partial charge < -0.3 is 4.90 Å². The summed E-state index contributed by atoms with van der Waals surface area (Å²) in [5.74, 6) is 0.901. The van der Waals surface area contributed by atoms with E-state index in [0.29, 0.717) is 11.8 Å². The molecule has 0 N–H and O–H groups in total. The SMILES string of the molecule is N#Cc1c(F)cccc1N1CC2CC=CCC2C1. The highest BCUT2D eigenvalue weighted by molar-refractivity contribution is 5.60. The maximum atomic E-state index is 13.6. The number of benzene rings is 1. The number of nitriles is 1. The van der Waals surface area contributed by atoms with Crippen molar-refractivity contribution in [2.45, 2.75) is 12.8 Å². The smallest absolute Gasteiger partial charge is 0.143 e. The van der Waals surface area contributed by atoms with Gasteiger partial charge in [-0.2, -0.15) is 5.26 Å². The summed E-state index contributed by atoms with van der Waals surface area (Å²) >= 11 is 0. The lowest BCUT2D eigenvalue weighted by Gasteiger charge is -2.19. The van der Waals surface area contributed by atoms with Gasteiger partial charge in [-0.25, -0.2) is 4.39 Å². The van der Waals surface area contributed by atoms with Crippen molar-refractivity contribution in [2.24, 2.45) is 11.8 Å². The summed E-state index contributed by atoms with van der Waals surface area (Å²) in [7, 11) is 0. The van der Waals surface area contributed by atoms with Crippen molar-refractivity contribution >= 4 is 5.69 Å². The van der Waals surface area contributed by atoms with Crippen molar-refractivity contribution in [3.05, 3.63) is 41.7 Å². The molecule has 3 heteroatoms. The Morgan fingerprint density at radius 1 is 1.17 bits per heavy atom. The van der Waals surface area contributed by atoms with E-state index >= 15 is 0 Å². The van der Waals surface area contributed by atoms with Crippen LogP contribution in [0.4, 0.5) is 10.1 Å². The van der Waals surface area contributed by atoms with Crippen LogP contribution in [0.5, 0.6) is 0 Å². The standard InChI is InChI=1S/C15H15FN2/c16-14-6-3-7-15(13(14)8-17)18-9-11-4-1-2-5-12(11)10-18/h1-3,6-7,11-12H,4-5,9-10H2. The third-order valence-electron chi connectivity index (χ3n) is 4.06. The summed E-state index contributed by atoms with van der Waals surface area (Å²) in [6, 6.07) is 6.88. The van der Waals surface area contributed by atoms with Gasteiger partial charge in [-0.15, -0.1) is 0 Å². The van der Waals surface area contributed by atoms with Crippen molar-refractivity contribution < 1.29 is 4.39 Å². The lowest BCUT2D eigenvalue weighted by Crippen LogP contribution is -2.21. The zero-order valence-electron chi connectivity index (χ0n) is 10.1. The maximum Gasteiger partial charge on any atom is 0.143 e. The molecule has 1 heterocycles. The lowest BCUT2D eigenvalue weighted by molar-refractivity contribution is 0.411. The van der Waals surface area contributed by atoms with E-state index in [-0.39, 0.29) is 5.56 Å². The number of fused-ring (bicyclic) bond motifs is 1. The minimum Gasteiger partial charge on any atom is -0.370 e. The maximum absolute atomic E-state index is 13.6. The van der Waals surface area contributed by atoms with Crippen LogP contribution in [0.1, 0.15) is 18.4 Å². The first-order chi connectivity index (χ1) is 8.79. The van der Waals surface area contributed by atoms with Crippen LogP contribution in [0.3, 0.4) is 0 Å². The van der Waals surface area contributed by atoms with Gasteiger partial charge in [0.05, 0.1) is 5.69 Å². The van der Waals surface area contributed by atoms with Crippen LogP contribution in [0.25, 0.3) is 0 Å². The van der Waals surface area contributed by atoms with Crippen LogP contribution < -0.4 is 4.90 Å². The molecule has 18 heavy (non-hydrogen) atoms. The molecule has 1 aliphatic heterocycles. The molecule has 0 spiro atoms. The highest BCUT2D eigenvalue weighted by Crippen LogP contribution is 2.36. The molecule has 2 aliphatic rings. The van der Waals surface area contributed by atoms with E-state index < -0.39 is 5.82 Å². The molecule has 1 aliphatic carbocycles. The number of allylic oxidation sites excluding steroid dienone is 2. The summed E-state index contributed by atoms with van der Waals surface area (Å²) in [6.45, 7) is 1.88. The summed E-state index contributed by atoms with van der Waals surface area (Å²) < 4.78 is 13.6. The zero-order valence-corrected chi connectivity index (χ0v) is 10.1. The first-order valence-electron chi connectivity index (χ1n) is 6.38. The van der Waals surface area contributed by atoms with Crippen molar-refractivity contribution in [1.29, 1.82) is 5.26 Å². The van der Waals surface area contributed by atoms with Gasteiger partial charge in [-0.05, 0) is 36.8 Å². The molecule has 1 aromatic rings. The van der Waals surface area contributed by atoms with Gasteiger partial charge in [0.25, 0.3) is 0 Å². The molecule has 92 valence electrons. The van der Waals surface area contributed by atoms with Crippen LogP contribution in [0, 0.1) is 29.0 Å². The Morgan fingerprint density at radius 2 is 1.83 bits per heavy atom. The molecule has 3 rings (SSSR count). The van der Waals surface area contributed by atoms with Crippen LogP contribution in [0.2, 0.25) is 0 Å². The average Bonchev–Trinajstić information content (AvgIpc) is 2.82. The van der Waals surface area contributed by atoms with Gasteiger partial charge in [0.2, 0.25) is 0 Å². The minimum absolute atomic E-state index is 0.184. The van der Waals surface area contributed by atoms with Crippen molar-refractivity contribution in [1.82, 2.24) is 0 Å². The number of halogens is 1. The van der Waals surface area contributed by atoms with E-state index in [1.165, 1.54) is 6.07 Å². The molecule has 0 bridgehead atoms. The third kappa shape index (κ3) is 1.78. The monoisotopic (exact) mass is 242 g/mol. The summed E-state index contributed by atoms with van der Waals surface area (Å²) in [5.41, 5.74) is 0.941. The number of rotatable bonds is 1. The number of anilines is 1. The van der Waals surface area contributed by atoms with E-state index in [2.05, 4.69) is 17.1 Å². The second kappa shape index (κ2) is 4.45. The summed E-state index contributed by atoms with van der Waals surface area (Å²) in [4.78, 5) is 2.17. The van der Waals surface area contributed by atoms with Gasteiger partial charge in [0.15, 0.2) is 0 Å². The molecule has 0 amide bonds. The van der Waals surface area contributed by atoms with E-state index in [1.54, 1.807) is 6.07 Å². The van der Waals surface area contributed by atoms with E-state index in [1.807, 2.05) is 12.1 Å². The highest BCUT2D eigenvalue weighted by Gasteiger charge is 2.33. The van der Waals surface area contributed by atoms with E-state index in [4.69, 9.17) is 5.26 Å². The molecule has 2 unspecified atom stereocenters. The van der Waals surface area contributed by atoms with Crippen LogP contribution in [-0.4, -0.2) is 13.1 Å². The van der Waals surface area contributed by atoms with Gasteiger partial charge in [0.1, 0.15) is 17.4 Å². The highest BCUT2D eigenvalue weighted by atomic mass is 19.1. The molecule has 2 atom stereocenters. The van der Waals surface area contributed by atoms with Gasteiger partial charge >= 0.3 is 0 Å². The summed E-state index contributed by atoms with van der Waals surface area (Å²) in [5, 5.41) is 9.09. The lowest BCUT2D eigenvalue weighted by atomic mass is 9.86. The van der Waals surface area contributed by atoms with Crippen molar-refractivity contribution in [3.8, 4) is 6.07 Å². The van der Waals surface area contributed by atoms with E-state index in [9.17, 15) is 4.39 Å². The molecular weight excluding hydrogens is 227 g/mol. The van der Waals surface area contributed by atoms with Crippen molar-refractivity contribution in [3.63, 3.8) is 0 Å². The molecule has 1 aromatic carbocycles. The predicted octanol–water partition coefficient (Wildman–Crippen LogP) is 3.10. The minimum atomic E-state index is -0.414. The number of hydrogen-bond acceptors (Lipinski definition) is 2. The van der Waals surface area contributed by atoms with Gasteiger partial charge in [-0.3, -0.25) is 0 Å². The molecule has 1 fully saturated rings. The number of nitrogens with zero attached hydrogens (tertiary/aromatic N) is 2. The fourth-order valence-electron chi connectivity index (χ4n) is 3.10. The average molecular weight is 242 g/mol. The Hall–Kier alpha value is -1.82. The zero-order chi connectivity index (χ0) is 12.5. The number of hydrogen-bond donors (Lipinski definition) is 0. The van der Waals surface area contributed by atoms with Crippen molar-refractivity contribution in [2.75, 3.05) is 18.0 Å². The Morgan fingerprint density at radius 3 is 2.44 bits per heavy atom. The first kappa shape index (κ1) is 11.3. The Bertz CT molecular complexity index is 514. The molecule has 0 saturated carbocycles. The Labute approximate surface area is 106 Å². The quantitative estimate of drug-likeness (QED) is 0.707. The molecule has 2 nitrogen and oxygen atoms in total. The normalized spacial score (nSPS) is 25.9. The second-order valence-corrected chi connectivity index (χ2v) is 5.11. The molecular formula is C15H15FN2. The first-order valence-corrected chi connectivity index (χ1v) is 6.38. The Kier molecular flexibility index (Phi) is 2.79. The predicted molar refractivity (Wildman–Crippen MR) is 68.7 cm³/mol. The molecule has 1 saturated heterocycles. The second-order valence-electron chi connectivity index (χ2n) is 5.11. The van der Waals surface area contributed by atoms with Crippen LogP contribution in [0.15, 0.2) is 30.4 Å². The topological polar surface area (TPSA) is 27.0 Å².